The third-order valence-electron chi connectivity index (χ3n) is 4.28. The zero-order valence-corrected chi connectivity index (χ0v) is 16.8. The van der Waals surface area contributed by atoms with Crippen molar-refractivity contribution in [1.82, 2.24) is 10.4 Å². The van der Waals surface area contributed by atoms with E-state index < -0.39 is 5.41 Å². The molecule has 1 fully saturated rings. The monoisotopic (exact) mass is 410 g/mol. The SMILES string of the molecule is CC(C)(C)C(=O)ON1CCC(CNCC(=O)c2ccc(Br)cc2)CC1. The molecular weight excluding hydrogens is 384 g/mol. The average molecular weight is 411 g/mol. The summed E-state index contributed by atoms with van der Waals surface area (Å²) in [7, 11) is 0. The van der Waals surface area contributed by atoms with Crippen LogP contribution in [0.1, 0.15) is 44.0 Å². The van der Waals surface area contributed by atoms with Crippen LogP contribution in [0.3, 0.4) is 0 Å². The van der Waals surface area contributed by atoms with Crippen molar-refractivity contribution in [2.24, 2.45) is 11.3 Å². The van der Waals surface area contributed by atoms with E-state index in [1.54, 1.807) is 5.06 Å². The number of nitrogens with one attached hydrogen (secondary N) is 1. The van der Waals surface area contributed by atoms with E-state index in [2.05, 4.69) is 21.2 Å². The predicted molar refractivity (Wildman–Crippen MR) is 101 cm³/mol. The molecule has 0 bridgehead atoms. The molecular formula is C19H27BrN2O3. The van der Waals surface area contributed by atoms with Crippen LogP contribution in [0.5, 0.6) is 0 Å². The zero-order chi connectivity index (χ0) is 18.4. The fourth-order valence-electron chi connectivity index (χ4n) is 2.59. The Labute approximate surface area is 158 Å². The Bertz CT molecular complexity index is 588. The lowest BCUT2D eigenvalue weighted by atomic mass is 9.97. The molecule has 138 valence electrons. The van der Waals surface area contributed by atoms with E-state index in [0.29, 0.717) is 12.5 Å². The van der Waals surface area contributed by atoms with Crippen molar-refractivity contribution in [3.63, 3.8) is 0 Å². The van der Waals surface area contributed by atoms with Gasteiger partial charge in [-0.2, -0.15) is 0 Å². The number of rotatable bonds is 6. The number of carbonyl (C=O) groups is 2. The third kappa shape index (κ3) is 6.53. The van der Waals surface area contributed by atoms with Gasteiger partial charge >= 0.3 is 5.97 Å². The van der Waals surface area contributed by atoms with Gasteiger partial charge in [0, 0.05) is 23.1 Å². The lowest BCUT2D eigenvalue weighted by Crippen LogP contribution is -2.41. The molecule has 1 saturated heterocycles. The number of hydroxylamine groups is 2. The maximum absolute atomic E-state index is 12.1. The van der Waals surface area contributed by atoms with Crippen LogP contribution < -0.4 is 5.32 Å². The molecule has 2 rings (SSSR count). The van der Waals surface area contributed by atoms with E-state index in [-0.39, 0.29) is 11.8 Å². The molecule has 1 heterocycles. The highest BCUT2D eigenvalue weighted by atomic mass is 79.9. The summed E-state index contributed by atoms with van der Waals surface area (Å²) in [6, 6.07) is 7.41. The summed E-state index contributed by atoms with van der Waals surface area (Å²) >= 11 is 3.37. The lowest BCUT2D eigenvalue weighted by molar-refractivity contribution is -0.205. The van der Waals surface area contributed by atoms with E-state index in [1.807, 2.05) is 45.0 Å². The second-order valence-corrected chi connectivity index (χ2v) is 8.48. The first-order valence-corrected chi connectivity index (χ1v) is 9.52. The molecule has 1 N–H and O–H groups in total. The normalized spacial score (nSPS) is 16.6. The molecule has 0 atom stereocenters. The van der Waals surface area contributed by atoms with Gasteiger partial charge in [-0.25, -0.2) is 4.79 Å². The quantitative estimate of drug-likeness (QED) is 0.727. The Morgan fingerprint density at radius 1 is 1.20 bits per heavy atom. The van der Waals surface area contributed by atoms with Gasteiger partial charge < -0.3 is 10.2 Å². The Morgan fingerprint density at radius 2 is 1.80 bits per heavy atom. The summed E-state index contributed by atoms with van der Waals surface area (Å²) in [4.78, 5) is 29.5. The van der Waals surface area contributed by atoms with Gasteiger partial charge in [0.25, 0.3) is 0 Å². The minimum atomic E-state index is -0.480. The third-order valence-corrected chi connectivity index (χ3v) is 4.81. The number of Topliss-reactive ketones (excluding diaryl/α,β-unsaturated/α-hetero) is 1. The van der Waals surface area contributed by atoms with Gasteiger partial charge in [0.1, 0.15) is 0 Å². The van der Waals surface area contributed by atoms with E-state index in [1.165, 1.54) is 0 Å². The van der Waals surface area contributed by atoms with E-state index in [4.69, 9.17) is 4.84 Å². The summed E-state index contributed by atoms with van der Waals surface area (Å²) in [6.07, 6.45) is 1.91. The standard InChI is InChI=1S/C19H27BrN2O3/c1-19(2,3)18(24)25-22-10-8-14(9-11-22)12-21-13-17(23)15-4-6-16(20)7-5-15/h4-7,14,21H,8-13H2,1-3H3. The topological polar surface area (TPSA) is 58.6 Å². The molecule has 0 saturated carbocycles. The molecule has 0 spiro atoms. The van der Waals surface area contributed by atoms with Crippen molar-refractivity contribution < 1.29 is 14.4 Å². The molecule has 0 aromatic heterocycles. The van der Waals surface area contributed by atoms with Crippen molar-refractivity contribution in [3.05, 3.63) is 34.3 Å². The minimum absolute atomic E-state index is 0.101. The Hall–Kier alpha value is -1.24. The van der Waals surface area contributed by atoms with Crippen LogP contribution in [0, 0.1) is 11.3 Å². The fraction of sp³-hybridized carbons (Fsp3) is 0.579. The van der Waals surface area contributed by atoms with E-state index >= 15 is 0 Å². The highest BCUT2D eigenvalue weighted by Gasteiger charge is 2.28. The van der Waals surface area contributed by atoms with Crippen LogP contribution in [-0.2, 0) is 9.63 Å². The molecule has 1 aliphatic heterocycles. The first kappa shape index (κ1) is 20.1. The molecule has 0 amide bonds. The van der Waals surface area contributed by atoms with Gasteiger partial charge in [-0.3, -0.25) is 4.79 Å². The summed E-state index contributed by atoms with van der Waals surface area (Å²) in [5.74, 6) is 0.413. The van der Waals surface area contributed by atoms with Crippen LogP contribution in [0.25, 0.3) is 0 Å². The van der Waals surface area contributed by atoms with Crippen molar-refractivity contribution >= 4 is 27.7 Å². The van der Waals surface area contributed by atoms with Crippen LogP contribution in [0.4, 0.5) is 0 Å². The second-order valence-electron chi connectivity index (χ2n) is 7.56. The molecule has 5 nitrogen and oxygen atoms in total. The Kier molecular flexibility index (Phi) is 7.16. The summed E-state index contributed by atoms with van der Waals surface area (Å²) < 4.78 is 0.968. The number of benzene rings is 1. The highest BCUT2D eigenvalue weighted by molar-refractivity contribution is 9.10. The summed E-state index contributed by atoms with van der Waals surface area (Å²) in [5, 5.41) is 5.02. The molecule has 0 radical (unpaired) electrons. The number of halogens is 1. The van der Waals surface area contributed by atoms with Crippen LogP contribution in [-0.4, -0.2) is 43.0 Å². The van der Waals surface area contributed by atoms with Gasteiger partial charge in [-0.1, -0.05) is 28.1 Å². The largest absolute Gasteiger partial charge is 0.367 e. The number of ketones is 1. The molecule has 6 heteroatoms. The number of carbonyl (C=O) groups excluding carboxylic acids is 2. The molecule has 0 unspecified atom stereocenters. The van der Waals surface area contributed by atoms with Gasteiger partial charge in [0.15, 0.2) is 5.78 Å². The zero-order valence-electron chi connectivity index (χ0n) is 15.2. The van der Waals surface area contributed by atoms with Gasteiger partial charge in [0.2, 0.25) is 0 Å². The molecule has 25 heavy (non-hydrogen) atoms. The Balaban J connectivity index is 1.66. The molecule has 1 aliphatic rings. The average Bonchev–Trinajstić information content (AvgIpc) is 2.56. The van der Waals surface area contributed by atoms with Crippen molar-refractivity contribution in [3.8, 4) is 0 Å². The molecule has 0 aliphatic carbocycles. The van der Waals surface area contributed by atoms with Crippen LogP contribution >= 0.6 is 15.9 Å². The maximum Gasteiger partial charge on any atom is 0.330 e. The first-order chi connectivity index (χ1) is 11.8. The van der Waals surface area contributed by atoms with Crippen molar-refractivity contribution in [2.75, 3.05) is 26.2 Å². The lowest BCUT2D eigenvalue weighted by Gasteiger charge is -2.32. The second kappa shape index (κ2) is 8.92. The number of hydrogen-bond donors (Lipinski definition) is 1. The molecule has 1 aromatic carbocycles. The highest BCUT2D eigenvalue weighted by Crippen LogP contribution is 2.21. The van der Waals surface area contributed by atoms with Crippen molar-refractivity contribution in [2.45, 2.75) is 33.6 Å². The first-order valence-electron chi connectivity index (χ1n) is 8.72. The maximum atomic E-state index is 12.1. The summed E-state index contributed by atoms with van der Waals surface area (Å²) in [6.45, 7) is 8.21. The van der Waals surface area contributed by atoms with Gasteiger partial charge in [-0.15, -0.1) is 5.06 Å². The fourth-order valence-corrected chi connectivity index (χ4v) is 2.85. The van der Waals surface area contributed by atoms with Gasteiger partial charge in [0.05, 0.1) is 12.0 Å². The van der Waals surface area contributed by atoms with Gasteiger partial charge in [-0.05, 0) is 58.2 Å². The minimum Gasteiger partial charge on any atom is -0.367 e. The van der Waals surface area contributed by atoms with Crippen LogP contribution in [0.2, 0.25) is 0 Å². The number of piperidine rings is 1. The van der Waals surface area contributed by atoms with Crippen LogP contribution in [0.15, 0.2) is 28.7 Å². The molecule has 1 aromatic rings. The predicted octanol–water partition coefficient (Wildman–Crippen LogP) is 3.44. The smallest absolute Gasteiger partial charge is 0.330 e. The Morgan fingerprint density at radius 3 is 2.36 bits per heavy atom. The number of hydrogen-bond acceptors (Lipinski definition) is 5. The van der Waals surface area contributed by atoms with Crippen molar-refractivity contribution in [1.29, 1.82) is 0 Å². The summed E-state index contributed by atoms with van der Waals surface area (Å²) in [5.41, 5.74) is 0.241. The van der Waals surface area contributed by atoms with E-state index in [0.717, 1.165) is 42.5 Å². The number of nitrogens with zero attached hydrogens (tertiary/aromatic N) is 1. The van der Waals surface area contributed by atoms with E-state index in [9.17, 15) is 9.59 Å².